The van der Waals surface area contributed by atoms with Gasteiger partial charge in [-0.25, -0.2) is 0 Å². The van der Waals surface area contributed by atoms with Crippen LogP contribution in [0.2, 0.25) is 0 Å². The highest BCUT2D eigenvalue weighted by Crippen LogP contribution is 2.30. The maximum Gasteiger partial charge on any atom is 0.172 e. The Bertz CT molecular complexity index is 479. The van der Waals surface area contributed by atoms with Crippen LogP contribution in [0, 0.1) is 6.92 Å². The van der Waals surface area contributed by atoms with E-state index in [2.05, 4.69) is 29.1 Å². The Morgan fingerprint density at radius 2 is 2.05 bits per heavy atom. The Hall–Kier alpha value is -1.71. The van der Waals surface area contributed by atoms with Gasteiger partial charge in [-0.05, 0) is 38.8 Å². The van der Waals surface area contributed by atoms with E-state index in [-0.39, 0.29) is 5.84 Å². The highest BCUT2D eigenvalue weighted by molar-refractivity contribution is 6.02. The first-order valence-corrected chi connectivity index (χ1v) is 7.52. The summed E-state index contributed by atoms with van der Waals surface area (Å²) >= 11 is 0. The molecule has 1 saturated carbocycles. The van der Waals surface area contributed by atoms with Crippen molar-refractivity contribution in [1.29, 1.82) is 0 Å². The third-order valence-corrected chi connectivity index (χ3v) is 4.20. The van der Waals surface area contributed by atoms with Crippen molar-refractivity contribution in [2.24, 2.45) is 10.9 Å². The summed E-state index contributed by atoms with van der Waals surface area (Å²) in [6.45, 7) is 5.14. The van der Waals surface area contributed by atoms with E-state index >= 15 is 0 Å². The average Bonchev–Trinajstić information content (AvgIpc) is 2.49. The summed E-state index contributed by atoms with van der Waals surface area (Å²) in [5.41, 5.74) is 8.90. The Balaban J connectivity index is 2.37. The highest BCUT2D eigenvalue weighted by Gasteiger charge is 2.23. The van der Waals surface area contributed by atoms with Crippen LogP contribution in [0.3, 0.4) is 0 Å². The van der Waals surface area contributed by atoms with Gasteiger partial charge in [0.2, 0.25) is 0 Å². The van der Waals surface area contributed by atoms with E-state index in [0.29, 0.717) is 6.04 Å². The molecule has 20 heavy (non-hydrogen) atoms. The standard InChI is InChI=1S/C16H25N3O/c1-3-19(13-7-5-4-6-8-13)15-10-9-12(2)11-14(15)16(17)18-20/h9-11,13,20H,3-8H2,1-2H3,(H2,17,18). The highest BCUT2D eigenvalue weighted by atomic mass is 16.4. The van der Waals surface area contributed by atoms with Crippen LogP contribution in [0.4, 0.5) is 5.69 Å². The van der Waals surface area contributed by atoms with Crippen LogP contribution in [0.15, 0.2) is 23.4 Å². The average molecular weight is 275 g/mol. The minimum Gasteiger partial charge on any atom is -0.409 e. The molecule has 1 aliphatic carbocycles. The van der Waals surface area contributed by atoms with Crippen molar-refractivity contribution in [3.05, 3.63) is 29.3 Å². The molecule has 4 nitrogen and oxygen atoms in total. The van der Waals surface area contributed by atoms with Gasteiger partial charge in [0, 0.05) is 23.8 Å². The molecule has 0 spiro atoms. The van der Waals surface area contributed by atoms with Crippen LogP contribution in [-0.2, 0) is 0 Å². The van der Waals surface area contributed by atoms with Gasteiger partial charge in [0.15, 0.2) is 5.84 Å². The Morgan fingerprint density at radius 3 is 2.65 bits per heavy atom. The lowest BCUT2D eigenvalue weighted by atomic mass is 9.93. The summed E-state index contributed by atoms with van der Waals surface area (Å²) in [5, 5.41) is 12.2. The first-order chi connectivity index (χ1) is 9.67. The molecule has 1 fully saturated rings. The second-order valence-corrected chi connectivity index (χ2v) is 5.58. The molecule has 3 N–H and O–H groups in total. The normalized spacial score (nSPS) is 17.2. The largest absolute Gasteiger partial charge is 0.409 e. The Morgan fingerprint density at radius 1 is 1.35 bits per heavy atom. The summed E-state index contributed by atoms with van der Waals surface area (Å²) in [6, 6.07) is 6.76. The summed E-state index contributed by atoms with van der Waals surface area (Å²) in [6.07, 6.45) is 6.40. The van der Waals surface area contributed by atoms with Gasteiger partial charge in [-0.15, -0.1) is 0 Å². The molecule has 0 bridgehead atoms. The topological polar surface area (TPSA) is 61.8 Å². The second kappa shape index (κ2) is 6.64. The first-order valence-electron chi connectivity index (χ1n) is 7.52. The zero-order valence-electron chi connectivity index (χ0n) is 12.5. The lowest BCUT2D eigenvalue weighted by Crippen LogP contribution is -2.38. The molecule has 110 valence electrons. The zero-order chi connectivity index (χ0) is 14.5. The van der Waals surface area contributed by atoms with Crippen LogP contribution in [-0.4, -0.2) is 23.6 Å². The van der Waals surface area contributed by atoms with Crippen molar-refractivity contribution in [2.45, 2.75) is 52.0 Å². The monoisotopic (exact) mass is 275 g/mol. The first kappa shape index (κ1) is 14.7. The zero-order valence-corrected chi connectivity index (χ0v) is 12.5. The minimum atomic E-state index is 0.193. The molecule has 2 rings (SSSR count). The van der Waals surface area contributed by atoms with E-state index in [0.717, 1.165) is 23.4 Å². The van der Waals surface area contributed by atoms with Crippen LogP contribution in [0.25, 0.3) is 0 Å². The molecule has 1 aromatic rings. The fourth-order valence-corrected chi connectivity index (χ4v) is 3.18. The van der Waals surface area contributed by atoms with Gasteiger partial charge in [0.25, 0.3) is 0 Å². The molecule has 0 aromatic heterocycles. The molecule has 1 aromatic carbocycles. The SMILES string of the molecule is CCN(c1ccc(C)cc1/C(N)=N/O)C1CCCCC1. The van der Waals surface area contributed by atoms with Crippen LogP contribution < -0.4 is 10.6 Å². The quantitative estimate of drug-likeness (QED) is 0.384. The number of aryl methyl sites for hydroxylation is 1. The van der Waals surface area contributed by atoms with E-state index in [1.165, 1.54) is 32.1 Å². The fraction of sp³-hybridized carbons (Fsp3) is 0.562. The summed E-state index contributed by atoms with van der Waals surface area (Å²) < 4.78 is 0. The van der Waals surface area contributed by atoms with E-state index in [1.54, 1.807) is 0 Å². The van der Waals surface area contributed by atoms with Crippen LogP contribution in [0.5, 0.6) is 0 Å². The summed E-state index contributed by atoms with van der Waals surface area (Å²) in [7, 11) is 0. The van der Waals surface area contributed by atoms with Gasteiger partial charge in [-0.3, -0.25) is 0 Å². The van der Waals surface area contributed by atoms with E-state index < -0.39 is 0 Å². The lowest BCUT2D eigenvalue weighted by Gasteiger charge is -2.36. The van der Waals surface area contributed by atoms with Crippen molar-refractivity contribution in [3.8, 4) is 0 Å². The van der Waals surface area contributed by atoms with Crippen LogP contribution in [0.1, 0.15) is 50.2 Å². The number of anilines is 1. The van der Waals surface area contributed by atoms with Crippen molar-refractivity contribution in [3.63, 3.8) is 0 Å². The van der Waals surface area contributed by atoms with Gasteiger partial charge < -0.3 is 15.8 Å². The molecule has 0 unspecified atom stereocenters. The van der Waals surface area contributed by atoms with Crippen LogP contribution >= 0.6 is 0 Å². The van der Waals surface area contributed by atoms with Gasteiger partial charge in [-0.2, -0.15) is 0 Å². The molecule has 0 radical (unpaired) electrons. The van der Waals surface area contributed by atoms with Gasteiger partial charge >= 0.3 is 0 Å². The number of nitrogens with zero attached hydrogens (tertiary/aromatic N) is 2. The van der Waals surface area contributed by atoms with Crippen molar-refractivity contribution < 1.29 is 5.21 Å². The van der Waals surface area contributed by atoms with E-state index in [9.17, 15) is 0 Å². The van der Waals surface area contributed by atoms with Gasteiger partial charge in [0.1, 0.15) is 0 Å². The van der Waals surface area contributed by atoms with Gasteiger partial charge in [0.05, 0.1) is 0 Å². The smallest absolute Gasteiger partial charge is 0.172 e. The predicted octanol–water partition coefficient (Wildman–Crippen LogP) is 3.25. The molecular weight excluding hydrogens is 250 g/mol. The molecule has 0 heterocycles. The Labute approximate surface area is 121 Å². The maximum atomic E-state index is 9.01. The predicted molar refractivity (Wildman–Crippen MR) is 83.6 cm³/mol. The third-order valence-electron chi connectivity index (χ3n) is 4.20. The molecule has 0 amide bonds. The molecule has 0 saturated heterocycles. The molecule has 1 aliphatic rings. The summed E-state index contributed by atoms with van der Waals surface area (Å²) in [5.74, 6) is 0.193. The lowest BCUT2D eigenvalue weighted by molar-refractivity contribution is 0.318. The number of rotatable bonds is 4. The third kappa shape index (κ3) is 3.06. The number of amidine groups is 1. The van der Waals surface area contributed by atoms with Crippen molar-refractivity contribution >= 4 is 11.5 Å². The fourth-order valence-electron chi connectivity index (χ4n) is 3.18. The molecular formula is C16H25N3O. The second-order valence-electron chi connectivity index (χ2n) is 5.58. The number of nitrogens with two attached hydrogens (primary N) is 1. The van der Waals surface area contributed by atoms with E-state index in [1.807, 2.05) is 13.0 Å². The molecule has 0 aliphatic heterocycles. The maximum absolute atomic E-state index is 9.01. The number of benzene rings is 1. The Kier molecular flexibility index (Phi) is 4.88. The van der Waals surface area contributed by atoms with E-state index in [4.69, 9.17) is 10.9 Å². The minimum absolute atomic E-state index is 0.193. The number of hydrogen-bond donors (Lipinski definition) is 2. The summed E-state index contributed by atoms with van der Waals surface area (Å²) in [4.78, 5) is 2.41. The number of hydrogen-bond acceptors (Lipinski definition) is 3. The van der Waals surface area contributed by atoms with Crippen molar-refractivity contribution in [1.82, 2.24) is 0 Å². The molecule has 4 heteroatoms. The molecule has 0 atom stereocenters. The van der Waals surface area contributed by atoms with Gasteiger partial charge in [-0.1, -0.05) is 36.0 Å². The number of oxime groups is 1. The van der Waals surface area contributed by atoms with Crippen molar-refractivity contribution in [2.75, 3.05) is 11.4 Å².